The molecule has 2 aromatic rings. The Morgan fingerprint density at radius 2 is 1.93 bits per heavy atom. The number of carbonyl (C=O) groups excluding carboxylic acids is 3. The number of hydrogen-bond acceptors (Lipinski definition) is 7. The van der Waals surface area contributed by atoms with E-state index < -0.39 is 24.0 Å². The second-order valence-electron chi connectivity index (χ2n) is 6.88. The van der Waals surface area contributed by atoms with Crippen molar-refractivity contribution in [2.45, 2.75) is 58.6 Å². The van der Waals surface area contributed by atoms with Crippen LogP contribution in [-0.4, -0.2) is 40.0 Å². The van der Waals surface area contributed by atoms with Gasteiger partial charge in [-0.25, -0.2) is 14.6 Å². The van der Waals surface area contributed by atoms with E-state index in [1.165, 1.54) is 6.92 Å². The molecule has 0 spiro atoms. The summed E-state index contributed by atoms with van der Waals surface area (Å²) < 4.78 is 5.19. The normalized spacial score (nSPS) is 15.4. The van der Waals surface area contributed by atoms with E-state index in [2.05, 4.69) is 20.6 Å². The second kappa shape index (κ2) is 8.09. The third-order valence-electron chi connectivity index (χ3n) is 4.68. The van der Waals surface area contributed by atoms with Gasteiger partial charge in [-0.3, -0.25) is 14.9 Å². The number of urea groups is 1. The van der Waals surface area contributed by atoms with Gasteiger partial charge in [-0.1, -0.05) is 12.8 Å². The smallest absolute Gasteiger partial charge is 0.349 e. The van der Waals surface area contributed by atoms with E-state index in [1.54, 1.807) is 13.8 Å². The summed E-state index contributed by atoms with van der Waals surface area (Å²) in [5, 5.41) is 5.25. The number of thiophene rings is 1. The summed E-state index contributed by atoms with van der Waals surface area (Å²) in [6.45, 7) is 4.66. The van der Waals surface area contributed by atoms with E-state index in [0.29, 0.717) is 21.6 Å². The highest BCUT2D eigenvalue weighted by Gasteiger charge is 2.26. The summed E-state index contributed by atoms with van der Waals surface area (Å²) >= 11 is 1.03. The fourth-order valence-corrected chi connectivity index (χ4v) is 4.33. The Morgan fingerprint density at radius 1 is 1.25 bits per heavy atom. The molecule has 1 atom stereocenters. The van der Waals surface area contributed by atoms with Gasteiger partial charge in [-0.15, -0.1) is 11.3 Å². The summed E-state index contributed by atoms with van der Waals surface area (Å²) in [5.74, 6) is -1.01. The number of imide groups is 1. The summed E-state index contributed by atoms with van der Waals surface area (Å²) in [4.78, 5) is 56.1. The van der Waals surface area contributed by atoms with Crippen molar-refractivity contribution in [1.82, 2.24) is 20.6 Å². The van der Waals surface area contributed by atoms with Crippen LogP contribution in [0.4, 0.5) is 4.79 Å². The summed E-state index contributed by atoms with van der Waals surface area (Å²) in [5.41, 5.74) is 0.120. The van der Waals surface area contributed by atoms with Crippen LogP contribution in [0.15, 0.2) is 4.79 Å². The Morgan fingerprint density at radius 3 is 2.61 bits per heavy atom. The molecule has 0 saturated heterocycles. The van der Waals surface area contributed by atoms with Crippen LogP contribution in [0, 0.1) is 13.8 Å². The van der Waals surface area contributed by atoms with Gasteiger partial charge in [-0.2, -0.15) is 0 Å². The summed E-state index contributed by atoms with van der Waals surface area (Å²) in [7, 11) is 0. The van der Waals surface area contributed by atoms with E-state index in [1.807, 2.05) is 0 Å². The van der Waals surface area contributed by atoms with E-state index >= 15 is 0 Å². The number of fused-ring (bicyclic) bond motifs is 1. The van der Waals surface area contributed by atoms with Gasteiger partial charge in [0, 0.05) is 6.04 Å². The first-order valence-corrected chi connectivity index (χ1v) is 9.90. The van der Waals surface area contributed by atoms with Crippen LogP contribution in [0.1, 0.15) is 53.7 Å². The third-order valence-corrected chi connectivity index (χ3v) is 5.85. The molecule has 3 rings (SSSR count). The quantitative estimate of drug-likeness (QED) is 0.665. The Kier molecular flexibility index (Phi) is 5.78. The number of aryl methyl sites for hydroxylation is 2. The maximum atomic E-state index is 12.5. The summed E-state index contributed by atoms with van der Waals surface area (Å²) in [6, 6.07) is -0.523. The molecule has 1 aliphatic carbocycles. The second-order valence-corrected chi connectivity index (χ2v) is 7.88. The van der Waals surface area contributed by atoms with Crippen LogP contribution in [0.25, 0.3) is 10.2 Å². The molecule has 2 heterocycles. The lowest BCUT2D eigenvalue weighted by Gasteiger charge is -2.15. The molecule has 0 bridgehead atoms. The topological polar surface area (TPSA) is 130 Å². The zero-order valence-electron chi connectivity index (χ0n) is 15.9. The number of nitrogens with one attached hydrogen (secondary N) is 3. The molecule has 2 aromatic heterocycles. The van der Waals surface area contributed by atoms with Crippen molar-refractivity contribution in [2.24, 2.45) is 0 Å². The number of aromatic nitrogens is 2. The molecule has 0 unspecified atom stereocenters. The minimum absolute atomic E-state index is 0.0703. The number of hydrogen-bond donors (Lipinski definition) is 3. The first kappa shape index (κ1) is 20.0. The minimum Gasteiger partial charge on any atom is -0.448 e. The predicted molar refractivity (Wildman–Crippen MR) is 104 cm³/mol. The standard InChI is InChI=1S/C18H22N4O5S/c1-8-12-15(24)19-10(3)20-16(12)28-13(8)17(25)27-9(2)14(23)22-18(26)21-11-6-4-5-7-11/h9,11H,4-7H2,1-3H3,(H,19,20,24)(H2,21,22,23,26)/t9-/m1/s1. The van der Waals surface area contributed by atoms with Crippen LogP contribution < -0.4 is 16.2 Å². The van der Waals surface area contributed by atoms with Crippen molar-refractivity contribution in [3.63, 3.8) is 0 Å². The van der Waals surface area contributed by atoms with Crippen molar-refractivity contribution in [1.29, 1.82) is 0 Å². The van der Waals surface area contributed by atoms with Crippen molar-refractivity contribution in [3.8, 4) is 0 Å². The van der Waals surface area contributed by atoms with Crippen molar-refractivity contribution >= 4 is 39.5 Å². The molecule has 3 amide bonds. The van der Waals surface area contributed by atoms with E-state index in [-0.39, 0.29) is 16.5 Å². The lowest BCUT2D eigenvalue weighted by molar-refractivity contribution is -0.127. The van der Waals surface area contributed by atoms with E-state index in [9.17, 15) is 19.2 Å². The number of carbonyl (C=O) groups is 3. The molecule has 0 aromatic carbocycles. The first-order valence-electron chi connectivity index (χ1n) is 9.08. The number of amides is 3. The number of nitrogens with zero attached hydrogens (tertiary/aromatic N) is 1. The van der Waals surface area contributed by atoms with Gasteiger partial charge in [0.2, 0.25) is 0 Å². The van der Waals surface area contributed by atoms with Crippen molar-refractivity contribution in [3.05, 3.63) is 26.6 Å². The zero-order chi connectivity index (χ0) is 20.4. The molecule has 10 heteroatoms. The van der Waals surface area contributed by atoms with Gasteiger partial charge in [0.15, 0.2) is 6.10 Å². The lowest BCUT2D eigenvalue weighted by Crippen LogP contribution is -2.47. The predicted octanol–water partition coefficient (Wildman–Crippen LogP) is 1.92. The van der Waals surface area contributed by atoms with Crippen LogP contribution in [0.2, 0.25) is 0 Å². The monoisotopic (exact) mass is 406 g/mol. The number of ether oxygens (including phenoxy) is 1. The van der Waals surface area contributed by atoms with Crippen LogP contribution >= 0.6 is 11.3 Å². The van der Waals surface area contributed by atoms with E-state index in [0.717, 1.165) is 37.0 Å². The lowest BCUT2D eigenvalue weighted by atomic mass is 10.2. The Bertz CT molecular complexity index is 990. The zero-order valence-corrected chi connectivity index (χ0v) is 16.7. The largest absolute Gasteiger partial charge is 0.448 e. The van der Waals surface area contributed by atoms with Crippen LogP contribution in [-0.2, 0) is 9.53 Å². The first-order chi connectivity index (χ1) is 13.3. The molecule has 1 fully saturated rings. The molecule has 1 saturated carbocycles. The highest BCUT2D eigenvalue weighted by atomic mass is 32.1. The molecule has 28 heavy (non-hydrogen) atoms. The van der Waals surface area contributed by atoms with Crippen LogP contribution in [0.3, 0.4) is 0 Å². The number of rotatable bonds is 4. The third kappa shape index (κ3) is 4.22. The average molecular weight is 406 g/mol. The van der Waals surface area contributed by atoms with Crippen molar-refractivity contribution in [2.75, 3.05) is 0 Å². The van der Waals surface area contributed by atoms with Crippen molar-refractivity contribution < 1.29 is 19.1 Å². The fraction of sp³-hybridized carbons (Fsp3) is 0.500. The highest BCUT2D eigenvalue weighted by Crippen LogP contribution is 2.27. The Labute approximate surface area is 164 Å². The van der Waals surface area contributed by atoms with Gasteiger partial charge in [0.25, 0.3) is 11.5 Å². The molecule has 9 nitrogen and oxygen atoms in total. The average Bonchev–Trinajstić information content (AvgIpc) is 3.22. The molecule has 1 aliphatic rings. The maximum absolute atomic E-state index is 12.5. The maximum Gasteiger partial charge on any atom is 0.349 e. The molecular formula is C18H22N4O5S. The summed E-state index contributed by atoms with van der Waals surface area (Å²) in [6.07, 6.45) is 2.73. The number of H-pyrrole nitrogens is 1. The number of esters is 1. The van der Waals surface area contributed by atoms with Gasteiger partial charge < -0.3 is 15.0 Å². The minimum atomic E-state index is -1.17. The highest BCUT2D eigenvalue weighted by molar-refractivity contribution is 7.20. The fourth-order valence-electron chi connectivity index (χ4n) is 3.22. The van der Waals surface area contributed by atoms with Crippen LogP contribution in [0.5, 0.6) is 0 Å². The molecular weight excluding hydrogens is 384 g/mol. The SMILES string of the molecule is Cc1nc2sc(C(=O)O[C@H](C)C(=O)NC(=O)NC3CCCC3)c(C)c2c(=O)[nH]1. The molecule has 0 aliphatic heterocycles. The molecule has 150 valence electrons. The van der Waals surface area contributed by atoms with Gasteiger partial charge in [0.1, 0.15) is 15.5 Å². The van der Waals surface area contributed by atoms with Gasteiger partial charge >= 0.3 is 12.0 Å². The van der Waals surface area contributed by atoms with Gasteiger partial charge in [0.05, 0.1) is 5.39 Å². The molecule has 0 radical (unpaired) electrons. The Balaban J connectivity index is 1.65. The van der Waals surface area contributed by atoms with E-state index in [4.69, 9.17) is 4.74 Å². The number of aromatic amines is 1. The van der Waals surface area contributed by atoms with Gasteiger partial charge in [-0.05, 0) is 39.2 Å². The molecule has 3 N–H and O–H groups in total. The Hall–Kier alpha value is -2.75.